The van der Waals surface area contributed by atoms with E-state index < -0.39 is 23.6 Å². The lowest BCUT2D eigenvalue weighted by Gasteiger charge is -2.33. The largest absolute Gasteiger partial charge is 0.395 e. The summed E-state index contributed by atoms with van der Waals surface area (Å²) in [7, 11) is 0. The van der Waals surface area contributed by atoms with Gasteiger partial charge in [0.25, 0.3) is 0 Å². The molecule has 1 radical (unpaired) electrons. The van der Waals surface area contributed by atoms with Crippen molar-refractivity contribution < 1.29 is 20.4 Å². The highest BCUT2D eigenvalue weighted by Gasteiger charge is 2.36. The summed E-state index contributed by atoms with van der Waals surface area (Å²) in [4.78, 5) is 0. The van der Waals surface area contributed by atoms with E-state index in [4.69, 9.17) is 15.3 Å². The Morgan fingerprint density at radius 1 is 1.18 bits per heavy atom. The van der Waals surface area contributed by atoms with Crippen LogP contribution in [0.3, 0.4) is 0 Å². The summed E-state index contributed by atoms with van der Waals surface area (Å²) in [5.41, 5.74) is 0. The van der Waals surface area contributed by atoms with Crippen molar-refractivity contribution in [1.82, 2.24) is 0 Å². The van der Waals surface area contributed by atoms with Crippen LogP contribution < -0.4 is 0 Å². The van der Waals surface area contributed by atoms with Gasteiger partial charge in [0.15, 0.2) is 0 Å². The maximum atomic E-state index is 9.20. The molecular weight excluding hydrogens is 168 g/mol. The number of hydrogen-bond acceptors (Lipinski definition) is 5. The Labute approximate surface area is 68.9 Å². The molecular formula is C6H11O4S. The van der Waals surface area contributed by atoms with Crippen LogP contribution in [-0.2, 0) is 0 Å². The second-order valence-corrected chi connectivity index (χ2v) is 3.61. The topological polar surface area (TPSA) is 80.9 Å². The fraction of sp³-hybridized carbons (Fsp3) is 0.833. The van der Waals surface area contributed by atoms with Gasteiger partial charge >= 0.3 is 0 Å². The van der Waals surface area contributed by atoms with Gasteiger partial charge in [-0.2, -0.15) is 0 Å². The lowest BCUT2D eigenvalue weighted by Crippen LogP contribution is -2.48. The minimum Gasteiger partial charge on any atom is -0.395 e. The van der Waals surface area contributed by atoms with Crippen LogP contribution in [0.4, 0.5) is 0 Å². The molecule has 1 heterocycles. The monoisotopic (exact) mass is 179 g/mol. The van der Waals surface area contributed by atoms with Crippen molar-refractivity contribution in [2.24, 2.45) is 0 Å². The van der Waals surface area contributed by atoms with Crippen molar-refractivity contribution in [2.75, 3.05) is 6.61 Å². The Balaban J connectivity index is 2.52. The molecule has 0 unspecified atom stereocenters. The normalized spacial score (nSPS) is 45.8. The number of aliphatic hydroxyl groups excluding tert-OH is 4. The molecule has 0 aromatic heterocycles. The van der Waals surface area contributed by atoms with E-state index in [1.54, 1.807) is 0 Å². The lowest BCUT2D eigenvalue weighted by molar-refractivity contribution is -0.0526. The van der Waals surface area contributed by atoms with E-state index in [1.807, 2.05) is 0 Å². The van der Waals surface area contributed by atoms with Crippen LogP contribution in [0, 0.1) is 5.75 Å². The maximum absolute atomic E-state index is 9.20. The van der Waals surface area contributed by atoms with Gasteiger partial charge in [-0.05, 0) is 0 Å². The summed E-state index contributed by atoms with van der Waals surface area (Å²) in [6, 6.07) is 0. The minimum absolute atomic E-state index is 0.202. The molecule has 0 bridgehead atoms. The van der Waals surface area contributed by atoms with E-state index >= 15 is 0 Å². The van der Waals surface area contributed by atoms with Gasteiger partial charge in [-0.25, -0.2) is 0 Å². The Kier molecular flexibility index (Phi) is 3.15. The molecule has 4 atom stereocenters. The molecule has 4 N–H and O–H groups in total. The van der Waals surface area contributed by atoms with Gasteiger partial charge in [0.1, 0.15) is 6.10 Å². The highest BCUT2D eigenvalue weighted by Crippen LogP contribution is 2.29. The van der Waals surface area contributed by atoms with Gasteiger partial charge in [0.05, 0.1) is 24.1 Å². The van der Waals surface area contributed by atoms with E-state index in [0.717, 1.165) is 11.8 Å². The molecule has 65 valence electrons. The predicted octanol–water partition coefficient (Wildman–Crippen LogP) is -1.66. The highest BCUT2D eigenvalue weighted by atomic mass is 32.2. The quantitative estimate of drug-likeness (QED) is 0.387. The first-order valence-corrected chi connectivity index (χ1v) is 4.25. The minimum atomic E-state index is -1.17. The summed E-state index contributed by atoms with van der Waals surface area (Å²) in [5, 5.41) is 35.5. The average molecular weight is 179 g/mol. The number of hydrogen-bond donors (Lipinski definition) is 4. The molecule has 0 aromatic rings. The lowest BCUT2D eigenvalue weighted by atomic mass is 10.1. The molecule has 1 aliphatic rings. The summed E-state index contributed by atoms with van der Waals surface area (Å²) in [5.74, 6) is 1.41. The Morgan fingerprint density at radius 3 is 2.36 bits per heavy atom. The SMILES string of the molecule is OC[C@H]1S[CH][C@H](O)[C@@H](O)[C@H]1O. The first-order valence-electron chi connectivity index (χ1n) is 3.30. The molecule has 1 saturated heterocycles. The average Bonchev–Trinajstić information content (AvgIpc) is 2.01. The van der Waals surface area contributed by atoms with E-state index in [2.05, 4.69) is 0 Å². The third kappa shape index (κ3) is 1.86. The molecule has 0 saturated carbocycles. The summed E-state index contributed by atoms with van der Waals surface area (Å²) < 4.78 is 0. The van der Waals surface area contributed by atoms with E-state index in [0.29, 0.717) is 0 Å². The molecule has 0 amide bonds. The van der Waals surface area contributed by atoms with E-state index in [-0.39, 0.29) is 6.61 Å². The fourth-order valence-corrected chi connectivity index (χ4v) is 1.85. The first-order chi connectivity index (χ1) is 5.16. The Bertz CT molecular complexity index is 130. The third-order valence-corrected chi connectivity index (χ3v) is 2.87. The maximum Gasteiger partial charge on any atom is 0.108 e. The van der Waals surface area contributed by atoms with Crippen LogP contribution in [0.5, 0.6) is 0 Å². The van der Waals surface area contributed by atoms with Crippen LogP contribution in [-0.4, -0.2) is 50.6 Å². The zero-order chi connectivity index (χ0) is 8.43. The van der Waals surface area contributed by atoms with Crippen LogP contribution in [0.2, 0.25) is 0 Å². The molecule has 0 aliphatic carbocycles. The predicted molar refractivity (Wildman–Crippen MR) is 40.8 cm³/mol. The third-order valence-electron chi connectivity index (χ3n) is 1.65. The van der Waals surface area contributed by atoms with Gasteiger partial charge in [-0.3, -0.25) is 0 Å². The van der Waals surface area contributed by atoms with Crippen LogP contribution in [0.1, 0.15) is 0 Å². The van der Waals surface area contributed by atoms with E-state index in [1.165, 1.54) is 5.75 Å². The summed E-state index contributed by atoms with van der Waals surface area (Å²) >= 11 is 1.15. The van der Waals surface area contributed by atoms with Crippen LogP contribution in [0.25, 0.3) is 0 Å². The summed E-state index contributed by atoms with van der Waals surface area (Å²) in [6.45, 7) is -0.202. The van der Waals surface area contributed by atoms with Gasteiger partial charge < -0.3 is 20.4 Å². The van der Waals surface area contributed by atoms with Crippen molar-refractivity contribution in [3.63, 3.8) is 0 Å². The van der Waals surface area contributed by atoms with Gasteiger partial charge in [0, 0.05) is 5.75 Å². The molecule has 1 aliphatic heterocycles. The van der Waals surface area contributed by atoms with Crippen molar-refractivity contribution in [3.05, 3.63) is 5.75 Å². The fourth-order valence-electron chi connectivity index (χ4n) is 0.915. The highest BCUT2D eigenvalue weighted by molar-refractivity contribution is 8.02. The van der Waals surface area contributed by atoms with Crippen molar-refractivity contribution in [1.29, 1.82) is 0 Å². The number of rotatable bonds is 1. The van der Waals surface area contributed by atoms with Crippen molar-refractivity contribution in [2.45, 2.75) is 23.6 Å². The van der Waals surface area contributed by atoms with Gasteiger partial charge in [-0.1, -0.05) is 0 Å². The second kappa shape index (κ2) is 3.73. The van der Waals surface area contributed by atoms with Gasteiger partial charge in [0.2, 0.25) is 0 Å². The molecule has 11 heavy (non-hydrogen) atoms. The molecule has 4 nitrogen and oxygen atoms in total. The molecule has 0 spiro atoms. The van der Waals surface area contributed by atoms with Gasteiger partial charge in [-0.15, -0.1) is 11.8 Å². The molecule has 5 heteroatoms. The molecule has 1 fully saturated rings. The Hall–Kier alpha value is 0.190. The van der Waals surface area contributed by atoms with Crippen molar-refractivity contribution in [3.8, 4) is 0 Å². The van der Waals surface area contributed by atoms with Crippen LogP contribution in [0.15, 0.2) is 0 Å². The zero-order valence-electron chi connectivity index (χ0n) is 5.79. The zero-order valence-corrected chi connectivity index (χ0v) is 6.61. The molecule has 1 rings (SSSR count). The first kappa shape index (κ1) is 9.28. The second-order valence-electron chi connectivity index (χ2n) is 2.46. The standard InChI is InChI=1S/C6H11O4S/c7-1-4-6(10)5(9)3(8)2-11-4/h2-10H,1H2/t3-,4+,5+,6-/m0/s1. The summed E-state index contributed by atoms with van der Waals surface area (Å²) in [6.07, 6.45) is -3.23. The molecule has 0 aromatic carbocycles. The number of aliphatic hydroxyl groups is 4. The van der Waals surface area contributed by atoms with Crippen LogP contribution >= 0.6 is 11.8 Å². The van der Waals surface area contributed by atoms with Crippen molar-refractivity contribution >= 4 is 11.8 Å². The van der Waals surface area contributed by atoms with E-state index in [9.17, 15) is 5.11 Å². The smallest absolute Gasteiger partial charge is 0.108 e. The Morgan fingerprint density at radius 2 is 1.82 bits per heavy atom. The number of thioether (sulfide) groups is 1.